The van der Waals surface area contributed by atoms with Gasteiger partial charge in [-0.3, -0.25) is 14.9 Å². The van der Waals surface area contributed by atoms with E-state index in [1.54, 1.807) is 30.3 Å². The lowest BCUT2D eigenvalue weighted by Gasteiger charge is -2.04. The fraction of sp³-hybridized carbons (Fsp3) is 0.0667. The minimum atomic E-state index is -0.515. The number of rotatable bonds is 5. The van der Waals surface area contributed by atoms with E-state index in [2.05, 4.69) is 10.5 Å². The molecule has 0 aromatic heterocycles. The average Bonchev–Trinajstić information content (AvgIpc) is 2.55. The Balaban J connectivity index is 2.14. The van der Waals surface area contributed by atoms with Crippen LogP contribution in [-0.2, 0) is 0 Å². The fourth-order valence-electron chi connectivity index (χ4n) is 1.75. The Morgan fingerprint density at radius 3 is 2.64 bits per heavy atom. The van der Waals surface area contributed by atoms with Crippen LogP contribution in [0.5, 0.6) is 5.75 Å². The van der Waals surface area contributed by atoms with Crippen molar-refractivity contribution in [1.29, 1.82) is 0 Å². The van der Waals surface area contributed by atoms with Crippen LogP contribution in [0.4, 0.5) is 5.69 Å². The number of hydrogen-bond acceptors (Lipinski definition) is 5. The summed E-state index contributed by atoms with van der Waals surface area (Å²) in [5.74, 6) is 0.0459. The molecule has 0 aliphatic carbocycles. The lowest BCUT2D eigenvalue weighted by molar-refractivity contribution is -0.384. The van der Waals surface area contributed by atoms with Crippen LogP contribution in [-0.4, -0.2) is 24.2 Å². The predicted molar refractivity (Wildman–Crippen MR) is 81.2 cm³/mol. The Morgan fingerprint density at radius 2 is 2.00 bits per heavy atom. The number of hydrazone groups is 1. The van der Waals surface area contributed by atoms with Crippen LogP contribution < -0.4 is 10.2 Å². The van der Waals surface area contributed by atoms with Crippen molar-refractivity contribution < 1.29 is 14.5 Å². The van der Waals surface area contributed by atoms with Crippen molar-refractivity contribution in [3.05, 3.63) is 69.8 Å². The number of benzene rings is 2. The summed E-state index contributed by atoms with van der Waals surface area (Å²) in [6.07, 6.45) is 1.30. The van der Waals surface area contributed by atoms with Gasteiger partial charge in [-0.2, -0.15) is 5.10 Å². The van der Waals surface area contributed by atoms with Crippen LogP contribution in [0, 0.1) is 10.1 Å². The monoisotopic (exact) mass is 299 g/mol. The Bertz CT molecular complexity index is 714. The summed E-state index contributed by atoms with van der Waals surface area (Å²) in [7, 11) is 1.45. The number of nitrogens with one attached hydrogen (secondary N) is 1. The highest BCUT2D eigenvalue weighted by molar-refractivity contribution is 5.95. The average molecular weight is 299 g/mol. The van der Waals surface area contributed by atoms with E-state index in [0.29, 0.717) is 16.9 Å². The van der Waals surface area contributed by atoms with Crippen molar-refractivity contribution in [1.82, 2.24) is 5.43 Å². The number of amides is 1. The number of nitrogens with zero attached hydrogens (tertiary/aromatic N) is 2. The smallest absolute Gasteiger partial charge is 0.271 e. The second-order valence-corrected chi connectivity index (χ2v) is 4.25. The molecular formula is C15H13N3O4. The van der Waals surface area contributed by atoms with E-state index in [4.69, 9.17) is 4.74 Å². The molecule has 1 amide bonds. The summed E-state index contributed by atoms with van der Waals surface area (Å²) >= 11 is 0. The molecule has 0 unspecified atom stereocenters. The molecule has 2 aromatic carbocycles. The van der Waals surface area contributed by atoms with Gasteiger partial charge in [-0.1, -0.05) is 18.2 Å². The molecule has 7 nitrogen and oxygen atoms in total. The van der Waals surface area contributed by atoms with Gasteiger partial charge in [0.05, 0.1) is 18.2 Å². The van der Waals surface area contributed by atoms with E-state index in [0.717, 1.165) is 0 Å². The molecule has 2 rings (SSSR count). The first-order valence-corrected chi connectivity index (χ1v) is 6.32. The van der Waals surface area contributed by atoms with Crippen LogP contribution in [0.25, 0.3) is 0 Å². The van der Waals surface area contributed by atoms with Crippen LogP contribution in [0.1, 0.15) is 15.9 Å². The van der Waals surface area contributed by atoms with Crippen molar-refractivity contribution in [2.24, 2.45) is 5.10 Å². The first kappa shape index (κ1) is 15.2. The maximum atomic E-state index is 11.8. The van der Waals surface area contributed by atoms with Gasteiger partial charge < -0.3 is 4.74 Å². The van der Waals surface area contributed by atoms with Crippen molar-refractivity contribution in [2.45, 2.75) is 0 Å². The van der Waals surface area contributed by atoms with Gasteiger partial charge >= 0.3 is 0 Å². The Kier molecular flexibility index (Phi) is 4.81. The van der Waals surface area contributed by atoms with Gasteiger partial charge in [-0.05, 0) is 18.2 Å². The van der Waals surface area contributed by atoms with Gasteiger partial charge in [0.1, 0.15) is 5.75 Å². The van der Waals surface area contributed by atoms with Gasteiger partial charge in [0.2, 0.25) is 0 Å². The molecule has 7 heteroatoms. The third-order valence-corrected chi connectivity index (χ3v) is 2.83. The minimum absolute atomic E-state index is 0.0864. The molecular weight excluding hydrogens is 286 g/mol. The van der Waals surface area contributed by atoms with Crippen molar-refractivity contribution in [2.75, 3.05) is 7.11 Å². The third kappa shape index (κ3) is 3.66. The summed E-state index contributed by atoms with van der Waals surface area (Å²) in [6, 6.07) is 12.7. The molecule has 0 atom stereocenters. The maximum absolute atomic E-state index is 11.8. The summed E-state index contributed by atoms with van der Waals surface area (Å²) in [4.78, 5) is 22.1. The van der Waals surface area contributed by atoms with E-state index in [1.165, 1.54) is 31.5 Å². The standard InChI is InChI=1S/C15H13N3O4/c1-22-14-8-7-13(18(20)21)9-12(14)10-16-17-15(19)11-5-3-2-4-6-11/h2-10H,1H3,(H,17,19)/b16-10-. The van der Waals surface area contributed by atoms with Crippen LogP contribution in [0.15, 0.2) is 53.6 Å². The molecule has 0 aliphatic rings. The Labute approximate surface area is 126 Å². The summed E-state index contributed by atoms with van der Waals surface area (Å²) in [5, 5.41) is 14.6. The van der Waals surface area contributed by atoms with Crippen LogP contribution in [0.2, 0.25) is 0 Å². The largest absolute Gasteiger partial charge is 0.496 e. The number of nitro benzene ring substituents is 1. The number of carbonyl (C=O) groups excluding carboxylic acids is 1. The molecule has 0 heterocycles. The highest BCUT2D eigenvalue weighted by Gasteiger charge is 2.10. The van der Waals surface area contributed by atoms with E-state index in [-0.39, 0.29) is 11.6 Å². The number of methoxy groups -OCH3 is 1. The summed E-state index contributed by atoms with van der Waals surface area (Å²) < 4.78 is 5.10. The first-order valence-electron chi connectivity index (χ1n) is 6.32. The number of non-ortho nitro benzene ring substituents is 1. The Morgan fingerprint density at radius 1 is 1.27 bits per heavy atom. The quantitative estimate of drug-likeness (QED) is 0.521. The molecule has 0 saturated heterocycles. The fourth-order valence-corrected chi connectivity index (χ4v) is 1.75. The molecule has 0 saturated carbocycles. The summed E-state index contributed by atoms with van der Waals surface area (Å²) in [5.41, 5.74) is 3.12. The van der Waals surface area contributed by atoms with Gasteiger partial charge in [-0.15, -0.1) is 0 Å². The summed E-state index contributed by atoms with van der Waals surface area (Å²) in [6.45, 7) is 0. The molecule has 0 aliphatic heterocycles. The normalized spacial score (nSPS) is 10.4. The van der Waals surface area contributed by atoms with Gasteiger partial charge in [0.15, 0.2) is 0 Å². The van der Waals surface area contributed by atoms with Crippen LogP contribution in [0.3, 0.4) is 0 Å². The number of nitro groups is 1. The molecule has 0 bridgehead atoms. The number of carbonyl (C=O) groups is 1. The van der Waals surface area contributed by atoms with E-state index in [1.807, 2.05) is 0 Å². The molecule has 0 radical (unpaired) electrons. The molecule has 1 N–H and O–H groups in total. The maximum Gasteiger partial charge on any atom is 0.271 e. The second kappa shape index (κ2) is 6.98. The van der Waals surface area contributed by atoms with Crippen LogP contribution >= 0.6 is 0 Å². The van der Waals surface area contributed by atoms with Crippen molar-refractivity contribution in [3.63, 3.8) is 0 Å². The van der Waals surface area contributed by atoms with Gasteiger partial charge in [0.25, 0.3) is 11.6 Å². The van der Waals surface area contributed by atoms with E-state index < -0.39 is 4.92 Å². The Hall–Kier alpha value is -3.22. The first-order chi connectivity index (χ1) is 10.6. The van der Waals surface area contributed by atoms with E-state index in [9.17, 15) is 14.9 Å². The van der Waals surface area contributed by atoms with Gasteiger partial charge in [-0.25, -0.2) is 5.43 Å². The molecule has 0 fully saturated rings. The number of ether oxygens (including phenoxy) is 1. The topological polar surface area (TPSA) is 93.8 Å². The molecule has 2 aromatic rings. The molecule has 112 valence electrons. The number of hydrogen-bond donors (Lipinski definition) is 1. The second-order valence-electron chi connectivity index (χ2n) is 4.25. The lowest BCUT2D eigenvalue weighted by atomic mass is 10.2. The van der Waals surface area contributed by atoms with Crippen molar-refractivity contribution >= 4 is 17.8 Å². The van der Waals surface area contributed by atoms with Crippen molar-refractivity contribution in [3.8, 4) is 5.75 Å². The third-order valence-electron chi connectivity index (χ3n) is 2.83. The zero-order valence-corrected chi connectivity index (χ0v) is 11.7. The molecule has 0 spiro atoms. The predicted octanol–water partition coefficient (Wildman–Crippen LogP) is 2.37. The minimum Gasteiger partial charge on any atom is -0.496 e. The molecule has 22 heavy (non-hydrogen) atoms. The zero-order valence-electron chi connectivity index (χ0n) is 11.7. The highest BCUT2D eigenvalue weighted by atomic mass is 16.6. The zero-order chi connectivity index (χ0) is 15.9. The SMILES string of the molecule is COc1ccc([N+](=O)[O-])cc1/C=N\NC(=O)c1ccccc1. The van der Waals surface area contributed by atoms with E-state index >= 15 is 0 Å². The highest BCUT2D eigenvalue weighted by Crippen LogP contribution is 2.22. The van der Waals surface area contributed by atoms with Gasteiger partial charge in [0, 0.05) is 23.3 Å². The lowest BCUT2D eigenvalue weighted by Crippen LogP contribution is -2.17.